The van der Waals surface area contributed by atoms with Crippen molar-refractivity contribution >= 4 is 0 Å². The highest BCUT2D eigenvalue weighted by Gasteiger charge is 1.93. The highest BCUT2D eigenvalue weighted by Crippen LogP contribution is 2.12. The van der Waals surface area contributed by atoms with Gasteiger partial charge in [-0.05, 0) is 19.3 Å². The van der Waals surface area contributed by atoms with Crippen LogP contribution in [0.1, 0.15) is 89.9 Å². The highest BCUT2D eigenvalue weighted by molar-refractivity contribution is 4.65. The predicted molar refractivity (Wildman–Crippen MR) is 86.7 cm³/mol. The smallest absolute Gasteiger partial charge is 0.0462 e. The fourth-order valence-electron chi connectivity index (χ4n) is 2.48. The molecule has 0 aliphatic heterocycles. The molecule has 0 bridgehead atoms. The summed E-state index contributed by atoms with van der Waals surface area (Å²) in [5.74, 6) is 0. The molecule has 1 heteroatoms. The third-order valence-corrected chi connectivity index (χ3v) is 3.76. The lowest BCUT2D eigenvalue weighted by molar-refractivity contribution is 0.192. The lowest BCUT2D eigenvalue weighted by Crippen LogP contribution is -1.88. The molecule has 0 saturated carbocycles. The van der Waals surface area contributed by atoms with Crippen molar-refractivity contribution in [2.75, 3.05) is 13.7 Å². The van der Waals surface area contributed by atoms with E-state index in [1.807, 2.05) is 6.08 Å². The summed E-state index contributed by atoms with van der Waals surface area (Å²) in [6.45, 7) is 4.70. The van der Waals surface area contributed by atoms with Gasteiger partial charge in [-0.2, -0.15) is 0 Å². The van der Waals surface area contributed by atoms with Gasteiger partial charge in [-0.15, -0.1) is 6.58 Å². The Morgan fingerprint density at radius 2 is 1.00 bits per heavy atom. The van der Waals surface area contributed by atoms with Gasteiger partial charge in [0.2, 0.25) is 0 Å². The van der Waals surface area contributed by atoms with Crippen molar-refractivity contribution in [3.8, 4) is 0 Å². The lowest BCUT2D eigenvalue weighted by Gasteiger charge is -2.03. The molecule has 0 aromatic carbocycles. The Bertz CT molecular complexity index is 165. The van der Waals surface area contributed by atoms with E-state index in [1.165, 1.54) is 89.9 Å². The average Bonchev–Trinajstić information content (AvgIpc) is 2.43. The largest absolute Gasteiger partial charge is 0.385 e. The molecule has 0 amide bonds. The molecule has 0 unspecified atom stereocenters. The summed E-state index contributed by atoms with van der Waals surface area (Å²) in [6, 6.07) is 0. The van der Waals surface area contributed by atoms with Crippen LogP contribution in [0.5, 0.6) is 0 Å². The second-order valence-corrected chi connectivity index (χ2v) is 5.67. The van der Waals surface area contributed by atoms with Crippen LogP contribution in [-0.2, 0) is 4.74 Å². The molecule has 1 nitrogen and oxygen atoms in total. The number of methoxy groups -OCH3 is 1. The zero-order valence-corrected chi connectivity index (χ0v) is 13.3. The first kappa shape index (κ1) is 18.7. The van der Waals surface area contributed by atoms with Crippen LogP contribution in [0.15, 0.2) is 12.7 Å². The normalized spacial score (nSPS) is 10.8. The van der Waals surface area contributed by atoms with E-state index in [2.05, 4.69) is 6.58 Å². The van der Waals surface area contributed by atoms with Crippen molar-refractivity contribution in [1.82, 2.24) is 0 Å². The van der Waals surface area contributed by atoms with Crippen LogP contribution in [0.3, 0.4) is 0 Å². The first-order valence-corrected chi connectivity index (χ1v) is 8.51. The van der Waals surface area contributed by atoms with E-state index in [0.29, 0.717) is 0 Å². The molecule has 0 aliphatic rings. The molecule has 0 saturated heterocycles. The maximum Gasteiger partial charge on any atom is 0.0462 e. The molecular weight excluding hydrogens is 232 g/mol. The third-order valence-electron chi connectivity index (χ3n) is 3.76. The van der Waals surface area contributed by atoms with Gasteiger partial charge in [0, 0.05) is 13.7 Å². The number of unbranched alkanes of at least 4 members (excludes halogenated alkanes) is 13. The van der Waals surface area contributed by atoms with Gasteiger partial charge in [-0.3, -0.25) is 0 Å². The van der Waals surface area contributed by atoms with Crippen LogP contribution in [0, 0.1) is 0 Å². The van der Waals surface area contributed by atoms with Crippen molar-refractivity contribution in [3.63, 3.8) is 0 Å². The molecule has 0 atom stereocenters. The Morgan fingerprint density at radius 3 is 1.37 bits per heavy atom. The topological polar surface area (TPSA) is 9.23 Å². The second kappa shape index (κ2) is 17.7. The van der Waals surface area contributed by atoms with Crippen LogP contribution in [0.4, 0.5) is 0 Å². The molecule has 0 radical (unpaired) electrons. The van der Waals surface area contributed by atoms with Gasteiger partial charge in [0.05, 0.1) is 0 Å². The van der Waals surface area contributed by atoms with E-state index in [4.69, 9.17) is 4.74 Å². The molecule has 0 aliphatic carbocycles. The van der Waals surface area contributed by atoms with E-state index in [1.54, 1.807) is 7.11 Å². The van der Waals surface area contributed by atoms with Crippen LogP contribution >= 0.6 is 0 Å². The predicted octanol–water partition coefficient (Wildman–Crippen LogP) is 6.28. The van der Waals surface area contributed by atoms with E-state index in [9.17, 15) is 0 Å². The van der Waals surface area contributed by atoms with Gasteiger partial charge in [0.25, 0.3) is 0 Å². The molecule has 0 spiro atoms. The summed E-state index contributed by atoms with van der Waals surface area (Å²) in [4.78, 5) is 0. The second-order valence-electron chi connectivity index (χ2n) is 5.67. The van der Waals surface area contributed by atoms with Crippen molar-refractivity contribution < 1.29 is 4.74 Å². The van der Waals surface area contributed by atoms with Crippen molar-refractivity contribution in [2.45, 2.75) is 89.9 Å². The summed E-state index contributed by atoms with van der Waals surface area (Å²) < 4.78 is 5.05. The average molecular weight is 268 g/mol. The Balaban J connectivity index is 2.89. The quantitative estimate of drug-likeness (QED) is 0.236. The van der Waals surface area contributed by atoms with Gasteiger partial charge < -0.3 is 4.74 Å². The molecule has 0 rings (SSSR count). The number of hydrogen-bond acceptors (Lipinski definition) is 1. The molecule has 0 fully saturated rings. The molecule has 114 valence electrons. The Morgan fingerprint density at radius 1 is 0.632 bits per heavy atom. The monoisotopic (exact) mass is 268 g/mol. The summed E-state index contributed by atoms with van der Waals surface area (Å²) in [7, 11) is 1.79. The lowest BCUT2D eigenvalue weighted by atomic mass is 10.0. The number of allylic oxidation sites excluding steroid dienone is 1. The Hall–Kier alpha value is -0.300. The number of rotatable bonds is 16. The highest BCUT2D eigenvalue weighted by atomic mass is 16.5. The third kappa shape index (κ3) is 17.7. The standard InChI is InChI=1S/C18H36O/c1-3-4-5-6-7-8-9-10-11-12-13-14-15-16-17-18-19-2/h3H,1,4-18H2,2H3. The molecule has 0 aromatic rings. The van der Waals surface area contributed by atoms with Crippen molar-refractivity contribution in [1.29, 1.82) is 0 Å². The number of hydrogen-bond donors (Lipinski definition) is 0. The van der Waals surface area contributed by atoms with Gasteiger partial charge in [-0.25, -0.2) is 0 Å². The van der Waals surface area contributed by atoms with Crippen molar-refractivity contribution in [3.05, 3.63) is 12.7 Å². The van der Waals surface area contributed by atoms with Gasteiger partial charge in [0.1, 0.15) is 0 Å². The zero-order chi connectivity index (χ0) is 14.0. The summed E-state index contributed by atoms with van der Waals surface area (Å²) in [5.41, 5.74) is 0. The van der Waals surface area contributed by atoms with E-state index < -0.39 is 0 Å². The fourth-order valence-corrected chi connectivity index (χ4v) is 2.48. The van der Waals surface area contributed by atoms with Crippen LogP contribution < -0.4 is 0 Å². The SMILES string of the molecule is C=CCCCCCCCCCCCCCCCOC. The Labute approximate surface area is 121 Å². The van der Waals surface area contributed by atoms with Crippen molar-refractivity contribution in [2.24, 2.45) is 0 Å². The summed E-state index contributed by atoms with van der Waals surface area (Å²) >= 11 is 0. The van der Waals surface area contributed by atoms with Crippen LogP contribution in [-0.4, -0.2) is 13.7 Å². The minimum atomic E-state index is 0.937. The van der Waals surface area contributed by atoms with Crippen LogP contribution in [0.25, 0.3) is 0 Å². The van der Waals surface area contributed by atoms with Gasteiger partial charge in [0.15, 0.2) is 0 Å². The maximum atomic E-state index is 5.05. The maximum absolute atomic E-state index is 5.05. The molecule has 0 N–H and O–H groups in total. The fraction of sp³-hybridized carbons (Fsp3) is 0.889. The minimum Gasteiger partial charge on any atom is -0.385 e. The molecule has 0 heterocycles. The summed E-state index contributed by atoms with van der Waals surface area (Å²) in [5, 5.41) is 0. The summed E-state index contributed by atoms with van der Waals surface area (Å²) in [6.07, 6.45) is 21.5. The van der Waals surface area contributed by atoms with E-state index in [0.717, 1.165) is 6.61 Å². The van der Waals surface area contributed by atoms with Gasteiger partial charge in [-0.1, -0.05) is 76.7 Å². The van der Waals surface area contributed by atoms with Crippen LogP contribution in [0.2, 0.25) is 0 Å². The zero-order valence-electron chi connectivity index (χ0n) is 13.3. The number of ether oxygens (including phenoxy) is 1. The minimum absolute atomic E-state index is 0.937. The van der Waals surface area contributed by atoms with E-state index in [-0.39, 0.29) is 0 Å². The Kier molecular flexibility index (Phi) is 17.4. The molecular formula is C18H36O. The first-order chi connectivity index (χ1) is 9.41. The molecule has 19 heavy (non-hydrogen) atoms. The van der Waals surface area contributed by atoms with E-state index >= 15 is 0 Å². The first-order valence-electron chi connectivity index (χ1n) is 8.51. The van der Waals surface area contributed by atoms with Gasteiger partial charge >= 0.3 is 0 Å². The molecule has 0 aromatic heterocycles.